The summed E-state index contributed by atoms with van der Waals surface area (Å²) in [7, 11) is 0. The van der Waals surface area contributed by atoms with Crippen molar-refractivity contribution in [2.75, 3.05) is 0 Å². The molecule has 0 fully saturated rings. The molecule has 3 aromatic rings. The van der Waals surface area contributed by atoms with Crippen LogP contribution in [0.2, 0.25) is 0 Å². The average Bonchev–Trinajstić information content (AvgIpc) is 2.72. The standard InChI is InChI=1S/C23H18FNO3/c24-22-3-1-2-20(18-9-4-17(14-25)5-10-18)21(22)15-28-19-11-6-16(7-12-19)8-13-23(26)27/h1-7,9-12H,8,13,15H2,(H,26,27). The lowest BCUT2D eigenvalue weighted by Gasteiger charge is -2.13. The van der Waals surface area contributed by atoms with E-state index in [-0.39, 0.29) is 18.8 Å². The molecule has 28 heavy (non-hydrogen) atoms. The van der Waals surface area contributed by atoms with E-state index in [9.17, 15) is 9.18 Å². The summed E-state index contributed by atoms with van der Waals surface area (Å²) in [6.45, 7) is 0.0521. The van der Waals surface area contributed by atoms with E-state index in [0.29, 0.717) is 28.9 Å². The van der Waals surface area contributed by atoms with Crippen LogP contribution in [0.25, 0.3) is 11.1 Å². The highest BCUT2D eigenvalue weighted by Gasteiger charge is 2.11. The Labute approximate surface area is 162 Å². The molecule has 4 nitrogen and oxygen atoms in total. The second-order valence-corrected chi connectivity index (χ2v) is 6.28. The van der Waals surface area contributed by atoms with Crippen molar-refractivity contribution in [1.29, 1.82) is 5.26 Å². The molecule has 0 amide bonds. The van der Waals surface area contributed by atoms with Gasteiger partial charge < -0.3 is 9.84 Å². The Hall–Kier alpha value is -3.65. The van der Waals surface area contributed by atoms with E-state index >= 15 is 0 Å². The van der Waals surface area contributed by atoms with Crippen LogP contribution < -0.4 is 4.74 Å². The molecular formula is C23H18FNO3. The third-order valence-corrected chi connectivity index (χ3v) is 4.38. The number of hydrogen-bond acceptors (Lipinski definition) is 3. The Bertz CT molecular complexity index is 1010. The van der Waals surface area contributed by atoms with Gasteiger partial charge in [-0.15, -0.1) is 0 Å². The number of carboxylic acid groups (broad SMARTS) is 1. The van der Waals surface area contributed by atoms with Gasteiger partial charge in [-0.05, 0) is 53.4 Å². The number of nitrogens with zero attached hydrogens (tertiary/aromatic N) is 1. The summed E-state index contributed by atoms with van der Waals surface area (Å²) in [5.74, 6) is -0.622. The minimum absolute atomic E-state index is 0.0521. The van der Waals surface area contributed by atoms with Gasteiger partial charge in [-0.3, -0.25) is 4.79 Å². The highest BCUT2D eigenvalue weighted by molar-refractivity contribution is 5.68. The van der Waals surface area contributed by atoms with E-state index < -0.39 is 5.97 Å². The Balaban J connectivity index is 1.75. The molecule has 0 saturated carbocycles. The number of rotatable bonds is 7. The third kappa shape index (κ3) is 4.74. The van der Waals surface area contributed by atoms with Crippen molar-refractivity contribution in [1.82, 2.24) is 0 Å². The first kappa shape index (κ1) is 19.1. The molecule has 0 unspecified atom stereocenters. The maximum atomic E-state index is 14.4. The molecule has 1 N–H and O–H groups in total. The maximum Gasteiger partial charge on any atom is 0.303 e. The Morgan fingerprint density at radius 1 is 1.04 bits per heavy atom. The molecule has 5 heteroatoms. The van der Waals surface area contributed by atoms with Gasteiger partial charge in [-0.1, -0.05) is 36.4 Å². The molecule has 140 valence electrons. The molecule has 0 radical (unpaired) electrons. The summed E-state index contributed by atoms with van der Waals surface area (Å²) in [5.41, 5.74) is 3.39. The monoisotopic (exact) mass is 375 g/mol. The highest BCUT2D eigenvalue weighted by atomic mass is 19.1. The Morgan fingerprint density at radius 3 is 2.39 bits per heavy atom. The molecule has 0 heterocycles. The zero-order chi connectivity index (χ0) is 19.9. The molecule has 0 saturated heterocycles. The number of carboxylic acids is 1. The number of aryl methyl sites for hydroxylation is 1. The lowest BCUT2D eigenvalue weighted by atomic mass is 9.98. The summed E-state index contributed by atoms with van der Waals surface area (Å²) in [5, 5.41) is 17.7. The van der Waals surface area contributed by atoms with Crippen LogP contribution in [0.3, 0.4) is 0 Å². The van der Waals surface area contributed by atoms with Crippen molar-refractivity contribution in [3.05, 3.63) is 89.2 Å². The lowest BCUT2D eigenvalue weighted by Crippen LogP contribution is -2.02. The average molecular weight is 375 g/mol. The van der Waals surface area contributed by atoms with Crippen molar-refractivity contribution >= 4 is 5.97 Å². The fraction of sp³-hybridized carbons (Fsp3) is 0.130. The summed E-state index contributed by atoms with van der Waals surface area (Å²) in [6, 6.07) is 21.0. The SMILES string of the molecule is N#Cc1ccc(-c2cccc(F)c2COc2ccc(CCC(=O)O)cc2)cc1. The van der Waals surface area contributed by atoms with Crippen LogP contribution in [-0.2, 0) is 17.8 Å². The zero-order valence-corrected chi connectivity index (χ0v) is 15.1. The van der Waals surface area contributed by atoms with Crippen LogP contribution in [0.15, 0.2) is 66.7 Å². The molecule has 0 aliphatic rings. The van der Waals surface area contributed by atoms with E-state index in [2.05, 4.69) is 6.07 Å². The van der Waals surface area contributed by atoms with E-state index in [1.165, 1.54) is 6.07 Å². The van der Waals surface area contributed by atoms with E-state index in [1.54, 1.807) is 54.6 Å². The van der Waals surface area contributed by atoms with Gasteiger partial charge in [0.1, 0.15) is 18.2 Å². The predicted octanol–water partition coefficient (Wildman–Crippen LogP) is 4.96. The third-order valence-electron chi connectivity index (χ3n) is 4.38. The lowest BCUT2D eigenvalue weighted by molar-refractivity contribution is -0.136. The van der Waals surface area contributed by atoms with Crippen LogP contribution in [0.4, 0.5) is 4.39 Å². The number of halogens is 1. The van der Waals surface area contributed by atoms with Crippen molar-refractivity contribution < 1.29 is 19.0 Å². The van der Waals surface area contributed by atoms with Crippen LogP contribution in [0.5, 0.6) is 5.75 Å². The minimum Gasteiger partial charge on any atom is -0.489 e. The van der Waals surface area contributed by atoms with Gasteiger partial charge in [-0.25, -0.2) is 4.39 Å². The smallest absolute Gasteiger partial charge is 0.303 e. The van der Waals surface area contributed by atoms with Crippen molar-refractivity contribution in [2.24, 2.45) is 0 Å². The first-order chi connectivity index (χ1) is 13.6. The maximum absolute atomic E-state index is 14.4. The van der Waals surface area contributed by atoms with Gasteiger partial charge in [0.15, 0.2) is 0 Å². The number of ether oxygens (including phenoxy) is 1. The number of hydrogen-bond donors (Lipinski definition) is 1. The zero-order valence-electron chi connectivity index (χ0n) is 15.1. The molecular weight excluding hydrogens is 357 g/mol. The summed E-state index contributed by atoms with van der Waals surface area (Å²) < 4.78 is 20.2. The van der Waals surface area contributed by atoms with Gasteiger partial charge >= 0.3 is 5.97 Å². The van der Waals surface area contributed by atoms with Crippen molar-refractivity contribution in [3.63, 3.8) is 0 Å². The second-order valence-electron chi connectivity index (χ2n) is 6.28. The molecule has 0 spiro atoms. The van der Waals surface area contributed by atoms with E-state index in [1.807, 2.05) is 6.07 Å². The molecule has 3 aromatic carbocycles. The van der Waals surface area contributed by atoms with Gasteiger partial charge in [0.2, 0.25) is 0 Å². The topological polar surface area (TPSA) is 70.3 Å². The quantitative estimate of drug-likeness (QED) is 0.634. The highest BCUT2D eigenvalue weighted by Crippen LogP contribution is 2.27. The van der Waals surface area contributed by atoms with Gasteiger partial charge in [0, 0.05) is 12.0 Å². The van der Waals surface area contributed by atoms with E-state index in [0.717, 1.165) is 11.1 Å². The van der Waals surface area contributed by atoms with E-state index in [4.69, 9.17) is 15.1 Å². The fourth-order valence-corrected chi connectivity index (χ4v) is 2.86. The molecule has 3 rings (SSSR count). The summed E-state index contributed by atoms with van der Waals surface area (Å²) in [4.78, 5) is 10.6. The van der Waals surface area contributed by atoms with Crippen LogP contribution >= 0.6 is 0 Å². The fourth-order valence-electron chi connectivity index (χ4n) is 2.86. The molecule has 0 aliphatic heterocycles. The predicted molar refractivity (Wildman–Crippen MR) is 103 cm³/mol. The molecule has 0 atom stereocenters. The Kier molecular flexibility index (Phi) is 6.03. The van der Waals surface area contributed by atoms with Crippen molar-refractivity contribution in [3.8, 4) is 22.9 Å². The van der Waals surface area contributed by atoms with Crippen molar-refractivity contribution in [2.45, 2.75) is 19.4 Å². The molecule has 0 bridgehead atoms. The molecule has 0 aliphatic carbocycles. The van der Waals surface area contributed by atoms with Crippen LogP contribution in [-0.4, -0.2) is 11.1 Å². The number of nitriles is 1. The van der Waals surface area contributed by atoms with Gasteiger partial charge in [0.25, 0.3) is 0 Å². The largest absolute Gasteiger partial charge is 0.489 e. The normalized spacial score (nSPS) is 10.3. The van der Waals surface area contributed by atoms with Gasteiger partial charge in [-0.2, -0.15) is 5.26 Å². The first-order valence-corrected chi connectivity index (χ1v) is 8.78. The van der Waals surface area contributed by atoms with Crippen LogP contribution in [0, 0.1) is 17.1 Å². The Morgan fingerprint density at radius 2 is 1.75 bits per heavy atom. The minimum atomic E-state index is -0.838. The number of aliphatic carboxylic acids is 1. The second kappa shape index (κ2) is 8.83. The van der Waals surface area contributed by atoms with Gasteiger partial charge in [0.05, 0.1) is 11.6 Å². The number of benzene rings is 3. The summed E-state index contributed by atoms with van der Waals surface area (Å²) in [6.07, 6.45) is 0.523. The molecule has 0 aromatic heterocycles. The number of carbonyl (C=O) groups is 1. The first-order valence-electron chi connectivity index (χ1n) is 8.78. The summed E-state index contributed by atoms with van der Waals surface area (Å²) >= 11 is 0. The van der Waals surface area contributed by atoms with Crippen LogP contribution in [0.1, 0.15) is 23.1 Å².